The second-order valence-electron chi connectivity index (χ2n) is 6.05. The first-order valence-electron chi connectivity index (χ1n) is 8.74. The highest BCUT2D eigenvalue weighted by Gasteiger charge is 2.12. The van der Waals surface area contributed by atoms with Crippen LogP contribution in [0.1, 0.15) is 23.0 Å². The molecule has 0 radical (unpaired) electrons. The number of benzene rings is 2. The quantitative estimate of drug-likeness (QED) is 0.704. The number of aryl methyl sites for hydroxylation is 1. The van der Waals surface area contributed by atoms with Crippen LogP contribution in [0.15, 0.2) is 54.6 Å². The van der Waals surface area contributed by atoms with Crippen LogP contribution in [0.3, 0.4) is 0 Å². The molecular weight excluding hydrogens is 342 g/mol. The number of amides is 2. The fourth-order valence-corrected chi connectivity index (χ4v) is 2.73. The van der Waals surface area contributed by atoms with Crippen molar-refractivity contribution in [3.63, 3.8) is 0 Å². The summed E-state index contributed by atoms with van der Waals surface area (Å²) in [5.41, 5.74) is 2.79. The van der Waals surface area contributed by atoms with Crippen LogP contribution in [0.5, 0.6) is 5.75 Å². The topological polar surface area (TPSA) is 80.3 Å². The predicted molar refractivity (Wildman–Crippen MR) is 105 cm³/mol. The monoisotopic (exact) mass is 363 g/mol. The van der Waals surface area contributed by atoms with E-state index < -0.39 is 0 Å². The third-order valence-electron chi connectivity index (χ3n) is 3.94. The number of nitrogens with zero attached hydrogens (tertiary/aromatic N) is 1. The SMILES string of the molecule is CCNC(=O)COc1ccc(NC(=O)c2cc(C)nc3ccccc23)cc1. The molecule has 2 N–H and O–H groups in total. The largest absolute Gasteiger partial charge is 0.484 e. The third kappa shape index (κ3) is 4.61. The second kappa shape index (κ2) is 8.31. The lowest BCUT2D eigenvalue weighted by atomic mass is 10.1. The molecule has 3 rings (SSSR count). The van der Waals surface area contributed by atoms with Gasteiger partial charge in [0.2, 0.25) is 0 Å². The fraction of sp³-hybridized carbons (Fsp3) is 0.190. The van der Waals surface area contributed by atoms with E-state index in [-0.39, 0.29) is 18.4 Å². The number of fused-ring (bicyclic) bond motifs is 1. The Labute approximate surface area is 157 Å². The van der Waals surface area contributed by atoms with E-state index in [4.69, 9.17) is 4.74 Å². The number of pyridine rings is 1. The van der Waals surface area contributed by atoms with E-state index in [1.165, 1.54) is 0 Å². The predicted octanol–water partition coefficient (Wildman–Crippen LogP) is 3.31. The van der Waals surface area contributed by atoms with Gasteiger partial charge in [0, 0.05) is 23.3 Å². The van der Waals surface area contributed by atoms with Crippen LogP contribution in [-0.2, 0) is 4.79 Å². The van der Waals surface area contributed by atoms with Crippen LogP contribution in [0.25, 0.3) is 10.9 Å². The van der Waals surface area contributed by atoms with Crippen molar-refractivity contribution < 1.29 is 14.3 Å². The zero-order chi connectivity index (χ0) is 19.2. The summed E-state index contributed by atoms with van der Waals surface area (Å²) in [6.45, 7) is 4.24. The summed E-state index contributed by atoms with van der Waals surface area (Å²) in [6, 6.07) is 16.2. The molecule has 1 heterocycles. The van der Waals surface area contributed by atoms with Crippen LogP contribution in [0.2, 0.25) is 0 Å². The minimum absolute atomic E-state index is 0.0399. The zero-order valence-electron chi connectivity index (χ0n) is 15.3. The molecule has 1 aromatic heterocycles. The molecule has 0 aliphatic heterocycles. The van der Waals surface area contributed by atoms with Crippen molar-refractivity contribution in [2.24, 2.45) is 0 Å². The first-order chi connectivity index (χ1) is 13.1. The number of aromatic nitrogens is 1. The lowest BCUT2D eigenvalue weighted by Gasteiger charge is -2.10. The van der Waals surface area contributed by atoms with Crippen LogP contribution in [-0.4, -0.2) is 29.9 Å². The van der Waals surface area contributed by atoms with Gasteiger partial charge in [-0.05, 0) is 50.2 Å². The van der Waals surface area contributed by atoms with Crippen molar-refractivity contribution in [3.05, 3.63) is 65.9 Å². The summed E-state index contributed by atoms with van der Waals surface area (Å²) in [4.78, 5) is 28.6. The number of nitrogens with one attached hydrogen (secondary N) is 2. The van der Waals surface area contributed by atoms with Crippen molar-refractivity contribution in [2.75, 3.05) is 18.5 Å². The molecule has 6 nitrogen and oxygen atoms in total. The van der Waals surface area contributed by atoms with Gasteiger partial charge in [0.25, 0.3) is 11.8 Å². The number of para-hydroxylation sites is 1. The van der Waals surface area contributed by atoms with Crippen molar-refractivity contribution >= 4 is 28.4 Å². The first kappa shape index (κ1) is 18.4. The van der Waals surface area contributed by atoms with Crippen LogP contribution < -0.4 is 15.4 Å². The number of carbonyl (C=O) groups excluding carboxylic acids is 2. The third-order valence-corrected chi connectivity index (χ3v) is 3.94. The van der Waals surface area contributed by atoms with E-state index in [1.807, 2.05) is 38.1 Å². The lowest BCUT2D eigenvalue weighted by molar-refractivity contribution is -0.122. The summed E-state index contributed by atoms with van der Waals surface area (Å²) in [7, 11) is 0. The van der Waals surface area contributed by atoms with Crippen molar-refractivity contribution in [2.45, 2.75) is 13.8 Å². The minimum Gasteiger partial charge on any atom is -0.484 e. The van der Waals surface area contributed by atoms with Gasteiger partial charge in [0.15, 0.2) is 6.61 Å². The molecule has 2 aromatic carbocycles. The standard InChI is InChI=1S/C21H21N3O3/c1-3-22-20(25)13-27-16-10-8-15(9-11-16)24-21(26)18-12-14(2)23-19-7-5-4-6-17(18)19/h4-12H,3,13H2,1-2H3,(H,22,25)(H,24,26). The molecule has 3 aromatic rings. The average Bonchev–Trinajstić information content (AvgIpc) is 2.67. The van der Waals surface area contributed by atoms with Crippen LogP contribution in [0.4, 0.5) is 5.69 Å². The highest BCUT2D eigenvalue weighted by molar-refractivity contribution is 6.12. The Balaban J connectivity index is 1.71. The number of likely N-dealkylation sites (N-methyl/N-ethyl adjacent to an activating group) is 1. The molecule has 0 saturated heterocycles. The lowest BCUT2D eigenvalue weighted by Crippen LogP contribution is -2.28. The Morgan fingerprint density at radius 1 is 1.07 bits per heavy atom. The number of rotatable bonds is 6. The Hall–Kier alpha value is -3.41. The number of hydrogen-bond donors (Lipinski definition) is 2. The van der Waals surface area contributed by atoms with Crippen LogP contribution >= 0.6 is 0 Å². The molecule has 0 bridgehead atoms. The molecule has 27 heavy (non-hydrogen) atoms. The maximum Gasteiger partial charge on any atom is 0.257 e. The van der Waals surface area contributed by atoms with E-state index in [0.717, 1.165) is 16.6 Å². The Bertz CT molecular complexity index is 968. The van der Waals surface area contributed by atoms with E-state index in [0.29, 0.717) is 23.5 Å². The van der Waals surface area contributed by atoms with Crippen molar-refractivity contribution in [3.8, 4) is 5.75 Å². The smallest absolute Gasteiger partial charge is 0.257 e. The summed E-state index contributed by atoms with van der Waals surface area (Å²) in [6.07, 6.45) is 0. The highest BCUT2D eigenvalue weighted by Crippen LogP contribution is 2.21. The Morgan fingerprint density at radius 3 is 2.56 bits per heavy atom. The molecule has 6 heteroatoms. The highest BCUT2D eigenvalue weighted by atomic mass is 16.5. The van der Waals surface area contributed by atoms with Gasteiger partial charge in [-0.25, -0.2) is 0 Å². The van der Waals surface area contributed by atoms with Gasteiger partial charge in [-0.2, -0.15) is 0 Å². The Kier molecular flexibility index (Phi) is 5.66. The van der Waals surface area contributed by atoms with E-state index in [1.54, 1.807) is 30.3 Å². The van der Waals surface area contributed by atoms with Crippen LogP contribution in [0, 0.1) is 6.92 Å². The minimum atomic E-state index is -0.201. The summed E-state index contributed by atoms with van der Waals surface area (Å²) >= 11 is 0. The molecule has 0 saturated carbocycles. The fourth-order valence-electron chi connectivity index (χ4n) is 2.73. The molecule has 0 fully saturated rings. The Morgan fingerprint density at radius 2 is 1.81 bits per heavy atom. The van der Waals surface area contributed by atoms with Gasteiger partial charge >= 0.3 is 0 Å². The number of hydrogen-bond acceptors (Lipinski definition) is 4. The van der Waals surface area contributed by atoms with Gasteiger partial charge < -0.3 is 15.4 Å². The van der Waals surface area contributed by atoms with E-state index in [2.05, 4.69) is 15.6 Å². The normalized spacial score (nSPS) is 10.4. The van der Waals surface area contributed by atoms with E-state index in [9.17, 15) is 9.59 Å². The molecule has 0 unspecified atom stereocenters. The van der Waals surface area contributed by atoms with Crippen molar-refractivity contribution in [1.82, 2.24) is 10.3 Å². The molecule has 0 aliphatic rings. The molecular formula is C21H21N3O3. The number of carbonyl (C=O) groups is 2. The summed E-state index contributed by atoms with van der Waals surface area (Å²) < 4.78 is 5.41. The summed E-state index contributed by atoms with van der Waals surface area (Å²) in [5.74, 6) is 0.187. The van der Waals surface area contributed by atoms with Gasteiger partial charge in [-0.15, -0.1) is 0 Å². The first-order valence-corrected chi connectivity index (χ1v) is 8.74. The second-order valence-corrected chi connectivity index (χ2v) is 6.05. The number of anilines is 1. The zero-order valence-corrected chi connectivity index (χ0v) is 15.3. The molecule has 2 amide bonds. The molecule has 138 valence electrons. The molecule has 0 atom stereocenters. The number of ether oxygens (including phenoxy) is 1. The maximum atomic E-state index is 12.7. The average molecular weight is 363 g/mol. The van der Waals surface area contributed by atoms with Crippen molar-refractivity contribution in [1.29, 1.82) is 0 Å². The van der Waals surface area contributed by atoms with Gasteiger partial charge in [0.1, 0.15) is 5.75 Å². The molecule has 0 spiro atoms. The summed E-state index contributed by atoms with van der Waals surface area (Å²) in [5, 5.41) is 6.36. The van der Waals surface area contributed by atoms with Gasteiger partial charge in [-0.3, -0.25) is 14.6 Å². The van der Waals surface area contributed by atoms with Gasteiger partial charge in [-0.1, -0.05) is 18.2 Å². The van der Waals surface area contributed by atoms with E-state index >= 15 is 0 Å². The molecule has 0 aliphatic carbocycles. The van der Waals surface area contributed by atoms with Gasteiger partial charge in [0.05, 0.1) is 11.1 Å². The maximum absolute atomic E-state index is 12.7.